The van der Waals surface area contributed by atoms with Crippen molar-refractivity contribution in [3.05, 3.63) is 34.4 Å². The largest absolute Gasteiger partial charge is 0.274 e. The van der Waals surface area contributed by atoms with Crippen molar-refractivity contribution < 1.29 is 18.1 Å². The number of carbonyl (C=O) groups is 1. The second kappa shape index (κ2) is 8.47. The fourth-order valence-electron chi connectivity index (χ4n) is 1.90. The molecule has 7 nitrogen and oxygen atoms in total. The van der Waals surface area contributed by atoms with E-state index in [1.807, 2.05) is 4.72 Å². The molecule has 0 aliphatic carbocycles. The summed E-state index contributed by atoms with van der Waals surface area (Å²) >= 11 is 0. The fourth-order valence-corrected chi connectivity index (χ4v) is 2.91. The van der Waals surface area contributed by atoms with Crippen molar-refractivity contribution in [1.82, 2.24) is 4.72 Å². The molecular formula is C14H20N2O5S. The molecule has 0 atom stereocenters. The number of benzene rings is 1. The second-order valence-corrected chi connectivity index (χ2v) is 6.63. The third kappa shape index (κ3) is 5.80. The van der Waals surface area contributed by atoms with E-state index in [0.29, 0.717) is 6.42 Å². The molecule has 8 heteroatoms. The first-order valence-electron chi connectivity index (χ1n) is 7.17. The van der Waals surface area contributed by atoms with Crippen LogP contribution in [0.5, 0.6) is 0 Å². The number of nitro groups is 1. The Bertz CT molecular complexity index is 611. The number of hydrogen-bond acceptors (Lipinski definition) is 5. The number of sulfonamides is 1. The Morgan fingerprint density at radius 3 is 2.27 bits per heavy atom. The van der Waals surface area contributed by atoms with Crippen LogP contribution in [0.15, 0.2) is 29.2 Å². The van der Waals surface area contributed by atoms with Crippen LogP contribution in [0.2, 0.25) is 0 Å². The molecule has 122 valence electrons. The van der Waals surface area contributed by atoms with Crippen LogP contribution in [-0.4, -0.2) is 19.2 Å². The SMILES string of the molecule is CCCCCCCC(=O)NS(=O)(=O)c1ccc([N+](=O)[O-])cc1. The van der Waals surface area contributed by atoms with E-state index in [-0.39, 0.29) is 17.0 Å². The van der Waals surface area contributed by atoms with Gasteiger partial charge < -0.3 is 0 Å². The summed E-state index contributed by atoms with van der Waals surface area (Å²) in [6.07, 6.45) is 4.90. The predicted octanol–water partition coefficient (Wildman–Crippen LogP) is 2.76. The van der Waals surface area contributed by atoms with Gasteiger partial charge in [0.2, 0.25) is 5.91 Å². The number of non-ortho nitro benzene ring substituents is 1. The standard InChI is InChI=1S/C14H20N2O5S/c1-2-3-4-5-6-7-14(17)15-22(20,21)13-10-8-12(9-11-13)16(18)19/h8-11H,2-7H2,1H3,(H,15,17). The minimum Gasteiger partial charge on any atom is -0.274 e. The zero-order valence-electron chi connectivity index (χ0n) is 12.4. The highest BCUT2D eigenvalue weighted by molar-refractivity contribution is 7.90. The maximum Gasteiger partial charge on any atom is 0.269 e. The van der Waals surface area contributed by atoms with Gasteiger partial charge in [-0.2, -0.15) is 0 Å². The van der Waals surface area contributed by atoms with Crippen molar-refractivity contribution in [2.24, 2.45) is 0 Å². The zero-order valence-corrected chi connectivity index (χ0v) is 13.3. The van der Waals surface area contributed by atoms with Crippen molar-refractivity contribution in [3.8, 4) is 0 Å². The van der Waals surface area contributed by atoms with Gasteiger partial charge in [-0.05, 0) is 18.6 Å². The maximum atomic E-state index is 12.0. The van der Waals surface area contributed by atoms with E-state index in [0.717, 1.165) is 49.9 Å². The van der Waals surface area contributed by atoms with Crippen LogP contribution in [0.1, 0.15) is 45.4 Å². The van der Waals surface area contributed by atoms with Gasteiger partial charge in [-0.15, -0.1) is 0 Å². The Morgan fingerprint density at radius 2 is 1.73 bits per heavy atom. The Kier molecular flexibility index (Phi) is 6.97. The molecule has 0 aromatic heterocycles. The Balaban J connectivity index is 2.55. The van der Waals surface area contributed by atoms with Gasteiger partial charge in [0.05, 0.1) is 9.82 Å². The minimum atomic E-state index is -3.97. The molecule has 0 unspecified atom stereocenters. The highest BCUT2D eigenvalue weighted by atomic mass is 32.2. The summed E-state index contributed by atoms with van der Waals surface area (Å²) in [5.74, 6) is -0.560. The molecule has 0 bridgehead atoms. The van der Waals surface area contributed by atoms with Crippen LogP contribution in [0.25, 0.3) is 0 Å². The molecule has 1 N–H and O–H groups in total. The van der Waals surface area contributed by atoms with Crippen LogP contribution in [-0.2, 0) is 14.8 Å². The van der Waals surface area contributed by atoms with Gasteiger partial charge >= 0.3 is 0 Å². The molecule has 0 radical (unpaired) electrons. The molecule has 0 aliphatic rings. The number of carbonyl (C=O) groups excluding carboxylic acids is 1. The molecule has 1 rings (SSSR count). The first kappa shape index (κ1) is 18.1. The Morgan fingerprint density at radius 1 is 1.14 bits per heavy atom. The summed E-state index contributed by atoms with van der Waals surface area (Å²) in [5, 5.41) is 10.5. The van der Waals surface area contributed by atoms with E-state index in [4.69, 9.17) is 0 Å². The van der Waals surface area contributed by atoms with Crippen LogP contribution < -0.4 is 4.72 Å². The van der Waals surface area contributed by atoms with Crippen LogP contribution in [0, 0.1) is 10.1 Å². The predicted molar refractivity (Wildman–Crippen MR) is 81.8 cm³/mol. The monoisotopic (exact) mass is 328 g/mol. The van der Waals surface area contributed by atoms with Gasteiger partial charge in [0.1, 0.15) is 0 Å². The number of hydrogen-bond donors (Lipinski definition) is 1. The lowest BCUT2D eigenvalue weighted by Gasteiger charge is -2.06. The molecule has 0 fully saturated rings. The third-order valence-electron chi connectivity index (χ3n) is 3.11. The average Bonchev–Trinajstić information content (AvgIpc) is 2.46. The van der Waals surface area contributed by atoms with Crippen molar-refractivity contribution in [3.63, 3.8) is 0 Å². The molecule has 0 heterocycles. The Labute approximate surface area is 129 Å². The van der Waals surface area contributed by atoms with E-state index in [9.17, 15) is 23.3 Å². The third-order valence-corrected chi connectivity index (χ3v) is 4.50. The van der Waals surface area contributed by atoms with Crippen molar-refractivity contribution >= 4 is 21.6 Å². The summed E-state index contributed by atoms with van der Waals surface area (Å²) in [6, 6.07) is 4.39. The molecule has 0 saturated heterocycles. The number of unbranched alkanes of at least 4 members (excludes halogenated alkanes) is 4. The normalized spacial score (nSPS) is 11.1. The molecule has 1 aromatic carbocycles. The zero-order chi connectivity index (χ0) is 16.6. The van der Waals surface area contributed by atoms with Gasteiger partial charge in [0, 0.05) is 18.6 Å². The molecule has 0 saturated carbocycles. The van der Waals surface area contributed by atoms with E-state index in [1.54, 1.807) is 0 Å². The number of nitrogens with one attached hydrogen (secondary N) is 1. The first-order valence-corrected chi connectivity index (χ1v) is 8.65. The number of nitro benzene ring substituents is 1. The van der Waals surface area contributed by atoms with E-state index >= 15 is 0 Å². The number of rotatable bonds is 9. The highest BCUT2D eigenvalue weighted by Gasteiger charge is 2.18. The quantitative estimate of drug-likeness (QED) is 0.426. The first-order chi connectivity index (χ1) is 10.4. The smallest absolute Gasteiger partial charge is 0.269 e. The van der Waals surface area contributed by atoms with Crippen molar-refractivity contribution in [2.45, 2.75) is 50.3 Å². The lowest BCUT2D eigenvalue weighted by molar-refractivity contribution is -0.384. The van der Waals surface area contributed by atoms with Gasteiger partial charge in [-0.25, -0.2) is 13.1 Å². The van der Waals surface area contributed by atoms with Crippen LogP contribution in [0.3, 0.4) is 0 Å². The van der Waals surface area contributed by atoms with Gasteiger partial charge in [0.15, 0.2) is 0 Å². The van der Waals surface area contributed by atoms with E-state index < -0.39 is 20.9 Å². The lowest BCUT2D eigenvalue weighted by atomic mass is 10.1. The van der Waals surface area contributed by atoms with Gasteiger partial charge in [-0.3, -0.25) is 14.9 Å². The molecule has 1 aromatic rings. The van der Waals surface area contributed by atoms with E-state index in [1.165, 1.54) is 0 Å². The summed E-state index contributed by atoms with van der Waals surface area (Å²) in [4.78, 5) is 21.4. The van der Waals surface area contributed by atoms with Gasteiger partial charge in [0.25, 0.3) is 15.7 Å². The second-order valence-electron chi connectivity index (χ2n) is 4.94. The molecule has 0 spiro atoms. The molecule has 22 heavy (non-hydrogen) atoms. The molecule has 1 amide bonds. The summed E-state index contributed by atoms with van der Waals surface area (Å²) in [5.41, 5.74) is -0.207. The molecular weight excluding hydrogens is 308 g/mol. The highest BCUT2D eigenvalue weighted by Crippen LogP contribution is 2.15. The van der Waals surface area contributed by atoms with E-state index in [2.05, 4.69) is 6.92 Å². The number of amides is 1. The Hall–Kier alpha value is -1.96. The average molecular weight is 328 g/mol. The molecule has 0 aliphatic heterocycles. The maximum absolute atomic E-state index is 12.0. The fraction of sp³-hybridized carbons (Fsp3) is 0.500. The lowest BCUT2D eigenvalue weighted by Crippen LogP contribution is -2.30. The van der Waals surface area contributed by atoms with Crippen molar-refractivity contribution in [1.29, 1.82) is 0 Å². The summed E-state index contributed by atoms with van der Waals surface area (Å²) < 4.78 is 25.9. The van der Waals surface area contributed by atoms with Crippen LogP contribution >= 0.6 is 0 Å². The number of nitrogens with zero attached hydrogens (tertiary/aromatic N) is 1. The van der Waals surface area contributed by atoms with Crippen molar-refractivity contribution in [2.75, 3.05) is 0 Å². The van der Waals surface area contributed by atoms with Crippen LogP contribution in [0.4, 0.5) is 5.69 Å². The summed E-state index contributed by atoms with van der Waals surface area (Å²) in [6.45, 7) is 2.09. The minimum absolute atomic E-state index is 0.149. The topological polar surface area (TPSA) is 106 Å². The van der Waals surface area contributed by atoms with Gasteiger partial charge in [-0.1, -0.05) is 32.6 Å². The summed E-state index contributed by atoms with van der Waals surface area (Å²) in [7, 11) is -3.97.